The van der Waals surface area contributed by atoms with E-state index in [1.807, 2.05) is 12.1 Å². The predicted molar refractivity (Wildman–Crippen MR) is 67.1 cm³/mol. The molecule has 0 amide bonds. The maximum Gasteiger partial charge on any atom is 0.0393 e. The largest absolute Gasteiger partial charge is 0.398 e. The Morgan fingerprint density at radius 2 is 1.47 bits per heavy atom. The van der Waals surface area contributed by atoms with Crippen LogP contribution < -0.4 is 5.73 Å². The molecule has 0 aromatic heterocycles. The second-order valence-corrected chi connectivity index (χ2v) is 5.00. The molecule has 0 aliphatic carbocycles. The molecule has 0 bridgehead atoms. The number of hydrogen-bond acceptors (Lipinski definition) is 1. The van der Waals surface area contributed by atoms with Gasteiger partial charge in [0.2, 0.25) is 0 Å². The Labute approximate surface area is 90.9 Å². The molecular weight excluding hydrogens is 182 g/mol. The van der Waals surface area contributed by atoms with Crippen LogP contribution >= 0.6 is 0 Å². The van der Waals surface area contributed by atoms with Crippen LogP contribution in [-0.2, 0) is 5.41 Å². The highest BCUT2D eigenvalue weighted by Crippen LogP contribution is 2.32. The molecule has 1 nitrogen and oxygen atoms in total. The fraction of sp³-hybridized carbons (Fsp3) is 0.286. The molecule has 0 aliphatic rings. The topological polar surface area (TPSA) is 26.0 Å². The lowest BCUT2D eigenvalue weighted by Crippen LogP contribution is -2.11. The number of nitrogen functional groups attached to an aromatic ring is 1. The summed E-state index contributed by atoms with van der Waals surface area (Å²) in [4.78, 5) is 0. The lowest BCUT2D eigenvalue weighted by Gasteiger charge is -2.21. The molecule has 0 atom stereocenters. The minimum Gasteiger partial charge on any atom is -0.398 e. The van der Waals surface area contributed by atoms with Crippen molar-refractivity contribution >= 4 is 16.5 Å². The summed E-state index contributed by atoms with van der Waals surface area (Å²) in [6.45, 7) is 6.68. The van der Waals surface area contributed by atoms with E-state index in [-0.39, 0.29) is 5.41 Å². The van der Waals surface area contributed by atoms with Crippen molar-refractivity contribution in [2.75, 3.05) is 5.73 Å². The van der Waals surface area contributed by atoms with Crippen LogP contribution in [0.25, 0.3) is 10.8 Å². The Bertz CT molecular complexity index is 492. The fourth-order valence-corrected chi connectivity index (χ4v) is 1.98. The highest BCUT2D eigenvalue weighted by molar-refractivity contribution is 5.95. The number of anilines is 1. The second-order valence-electron chi connectivity index (χ2n) is 5.00. The van der Waals surface area contributed by atoms with Gasteiger partial charge in [0.05, 0.1) is 0 Å². The smallest absolute Gasteiger partial charge is 0.0393 e. The number of nitrogens with two attached hydrogens (primary N) is 1. The molecule has 78 valence electrons. The Hall–Kier alpha value is -1.50. The van der Waals surface area contributed by atoms with E-state index >= 15 is 0 Å². The van der Waals surface area contributed by atoms with Crippen LogP contribution in [0.1, 0.15) is 26.3 Å². The summed E-state index contributed by atoms with van der Waals surface area (Å²) in [7, 11) is 0. The summed E-state index contributed by atoms with van der Waals surface area (Å²) < 4.78 is 0. The van der Waals surface area contributed by atoms with E-state index < -0.39 is 0 Å². The van der Waals surface area contributed by atoms with E-state index in [1.54, 1.807) is 0 Å². The number of benzene rings is 2. The average Bonchev–Trinajstić information content (AvgIpc) is 2.17. The van der Waals surface area contributed by atoms with Crippen LogP contribution in [0.5, 0.6) is 0 Å². The molecule has 2 N–H and O–H groups in total. The lowest BCUT2D eigenvalue weighted by molar-refractivity contribution is 0.596. The van der Waals surface area contributed by atoms with E-state index in [1.165, 1.54) is 10.9 Å². The van der Waals surface area contributed by atoms with Crippen LogP contribution in [0, 0.1) is 0 Å². The van der Waals surface area contributed by atoms with Gasteiger partial charge in [-0.25, -0.2) is 0 Å². The first-order valence-corrected chi connectivity index (χ1v) is 5.28. The van der Waals surface area contributed by atoms with Crippen LogP contribution in [0.15, 0.2) is 36.4 Å². The van der Waals surface area contributed by atoms with Crippen molar-refractivity contribution in [1.82, 2.24) is 0 Å². The van der Waals surface area contributed by atoms with Crippen LogP contribution in [0.3, 0.4) is 0 Å². The molecule has 2 aromatic rings. The molecule has 0 aliphatic heterocycles. The zero-order chi connectivity index (χ0) is 11.1. The lowest BCUT2D eigenvalue weighted by atomic mass is 9.83. The molecule has 1 heteroatoms. The Morgan fingerprint density at radius 3 is 2.07 bits per heavy atom. The third kappa shape index (κ3) is 1.70. The fourth-order valence-electron chi connectivity index (χ4n) is 1.98. The van der Waals surface area contributed by atoms with Crippen molar-refractivity contribution < 1.29 is 0 Å². The van der Waals surface area contributed by atoms with Gasteiger partial charge in [-0.1, -0.05) is 51.1 Å². The molecule has 0 unspecified atom stereocenters. The van der Waals surface area contributed by atoms with E-state index in [0.717, 1.165) is 11.1 Å². The summed E-state index contributed by atoms with van der Waals surface area (Å²) in [5.41, 5.74) is 8.34. The highest BCUT2D eigenvalue weighted by Gasteiger charge is 2.16. The number of rotatable bonds is 0. The maximum atomic E-state index is 5.97. The number of fused-ring (bicyclic) bond motifs is 1. The van der Waals surface area contributed by atoms with Crippen molar-refractivity contribution in [2.24, 2.45) is 0 Å². The first kappa shape index (κ1) is 10.0. The van der Waals surface area contributed by atoms with Crippen LogP contribution in [0.2, 0.25) is 0 Å². The normalized spacial score (nSPS) is 11.9. The van der Waals surface area contributed by atoms with Crippen molar-refractivity contribution in [3.05, 3.63) is 42.0 Å². The SMILES string of the molecule is CC(C)(C)c1ccc(N)c2ccccc12. The second kappa shape index (κ2) is 3.27. The molecule has 0 saturated heterocycles. The Balaban J connectivity index is 2.84. The summed E-state index contributed by atoms with van der Waals surface area (Å²) >= 11 is 0. The Kier molecular flexibility index (Phi) is 2.18. The van der Waals surface area contributed by atoms with E-state index in [4.69, 9.17) is 5.73 Å². The van der Waals surface area contributed by atoms with Gasteiger partial charge in [0.1, 0.15) is 0 Å². The minimum absolute atomic E-state index is 0.160. The van der Waals surface area contributed by atoms with Gasteiger partial charge in [0.25, 0.3) is 0 Å². The van der Waals surface area contributed by atoms with Crippen LogP contribution in [0.4, 0.5) is 5.69 Å². The molecule has 15 heavy (non-hydrogen) atoms. The van der Waals surface area contributed by atoms with Gasteiger partial charge < -0.3 is 5.73 Å². The highest BCUT2D eigenvalue weighted by atomic mass is 14.5. The minimum atomic E-state index is 0.160. The zero-order valence-electron chi connectivity index (χ0n) is 9.54. The Morgan fingerprint density at radius 1 is 0.867 bits per heavy atom. The van der Waals surface area contributed by atoms with Crippen molar-refractivity contribution in [1.29, 1.82) is 0 Å². The monoisotopic (exact) mass is 199 g/mol. The van der Waals surface area contributed by atoms with Gasteiger partial charge in [-0.05, 0) is 22.4 Å². The van der Waals surface area contributed by atoms with Gasteiger partial charge in [0.15, 0.2) is 0 Å². The van der Waals surface area contributed by atoms with Crippen LogP contribution in [-0.4, -0.2) is 0 Å². The number of hydrogen-bond donors (Lipinski definition) is 1. The summed E-state index contributed by atoms with van der Waals surface area (Å²) in [5.74, 6) is 0. The molecule has 2 rings (SSSR count). The van der Waals surface area contributed by atoms with Gasteiger partial charge in [-0.3, -0.25) is 0 Å². The molecule has 0 spiro atoms. The van der Waals surface area contributed by atoms with Gasteiger partial charge in [-0.2, -0.15) is 0 Å². The maximum absolute atomic E-state index is 5.97. The third-order valence-corrected chi connectivity index (χ3v) is 2.77. The van der Waals surface area contributed by atoms with E-state index in [2.05, 4.69) is 45.0 Å². The van der Waals surface area contributed by atoms with Gasteiger partial charge in [0, 0.05) is 11.1 Å². The quantitative estimate of drug-likeness (QED) is 0.643. The summed E-state index contributed by atoms with van der Waals surface area (Å²) in [5, 5.41) is 2.43. The molecule has 0 heterocycles. The average molecular weight is 199 g/mol. The summed E-state index contributed by atoms with van der Waals surface area (Å²) in [6.07, 6.45) is 0. The third-order valence-electron chi connectivity index (χ3n) is 2.77. The zero-order valence-corrected chi connectivity index (χ0v) is 9.54. The van der Waals surface area contributed by atoms with Crippen molar-refractivity contribution in [2.45, 2.75) is 26.2 Å². The van der Waals surface area contributed by atoms with E-state index in [0.29, 0.717) is 0 Å². The molecule has 0 fully saturated rings. The molecule has 0 radical (unpaired) electrons. The van der Waals surface area contributed by atoms with Gasteiger partial charge in [-0.15, -0.1) is 0 Å². The van der Waals surface area contributed by atoms with Gasteiger partial charge >= 0.3 is 0 Å². The predicted octanol–water partition coefficient (Wildman–Crippen LogP) is 3.72. The van der Waals surface area contributed by atoms with Crippen molar-refractivity contribution in [3.63, 3.8) is 0 Å². The van der Waals surface area contributed by atoms with E-state index in [9.17, 15) is 0 Å². The van der Waals surface area contributed by atoms with Crippen molar-refractivity contribution in [3.8, 4) is 0 Å². The first-order valence-electron chi connectivity index (χ1n) is 5.28. The molecular formula is C14H17N. The first-order chi connectivity index (χ1) is 7.00. The molecule has 0 saturated carbocycles. The molecule has 2 aromatic carbocycles. The summed E-state index contributed by atoms with van der Waals surface area (Å²) in [6, 6.07) is 12.5. The standard InChI is InChI=1S/C14H17N/c1-14(2,3)12-8-9-13(15)11-7-5-4-6-10(11)12/h4-9H,15H2,1-3H3.